The van der Waals surface area contributed by atoms with Crippen molar-refractivity contribution in [2.75, 3.05) is 6.26 Å². The molecule has 5 rings (SSSR count). The Bertz CT molecular complexity index is 1710. The maximum atomic E-state index is 13.4. The highest BCUT2D eigenvalue weighted by molar-refractivity contribution is 7.90. The Morgan fingerprint density at radius 3 is 2.30 bits per heavy atom. The molecule has 0 unspecified atom stereocenters. The van der Waals surface area contributed by atoms with E-state index in [9.17, 15) is 17.2 Å². The van der Waals surface area contributed by atoms with Crippen LogP contribution < -0.4 is 0 Å². The summed E-state index contributed by atoms with van der Waals surface area (Å²) in [5.41, 5.74) is 3.54. The van der Waals surface area contributed by atoms with Crippen molar-refractivity contribution < 1.29 is 17.2 Å². The first-order valence-electron chi connectivity index (χ1n) is 11.1. The molecule has 0 amide bonds. The van der Waals surface area contributed by atoms with Crippen LogP contribution in [0.1, 0.15) is 17.9 Å². The van der Waals surface area contributed by atoms with Crippen molar-refractivity contribution in [2.45, 2.75) is 18.2 Å². The quantitative estimate of drug-likeness (QED) is 0.261. The monoisotopic (exact) mass is 539 g/mol. The average Bonchev–Trinajstić information content (AvgIpc) is 3.51. The molecule has 0 atom stereocenters. The van der Waals surface area contributed by atoms with Crippen LogP contribution in [0.3, 0.4) is 0 Å². The lowest BCUT2D eigenvalue weighted by atomic mass is 10.0. The summed E-state index contributed by atoms with van der Waals surface area (Å²) in [6.07, 6.45) is 1.31. The maximum absolute atomic E-state index is 13.4. The molecule has 0 aliphatic carbocycles. The second-order valence-corrected chi connectivity index (χ2v) is 10.9. The van der Waals surface area contributed by atoms with Gasteiger partial charge in [-0.1, -0.05) is 47.1 Å². The number of hydrogen-bond donors (Lipinski definition) is 0. The van der Waals surface area contributed by atoms with E-state index in [1.54, 1.807) is 64.8 Å². The van der Waals surface area contributed by atoms with Crippen LogP contribution in [0.25, 0.3) is 33.8 Å². The number of hydrogen-bond acceptors (Lipinski definition) is 5. The summed E-state index contributed by atoms with van der Waals surface area (Å²) in [5.74, 6) is 0.372. The fraction of sp³-hybridized carbons (Fsp3) is 0.115. The number of aromatic nitrogens is 5. The molecule has 37 heavy (non-hydrogen) atoms. The first-order chi connectivity index (χ1) is 17.6. The van der Waals surface area contributed by atoms with Crippen LogP contribution >= 0.6 is 11.6 Å². The van der Waals surface area contributed by atoms with Gasteiger partial charge >= 0.3 is 0 Å². The SMILES string of the molecule is Cc1nc(C(F)F)cn1-c1ccc(-c2cccc(S(C)(=O)=O)c2)cc1-n1nncc1-c1ccc(Cl)cc1. The van der Waals surface area contributed by atoms with Crippen molar-refractivity contribution in [3.05, 3.63) is 95.7 Å². The van der Waals surface area contributed by atoms with E-state index in [4.69, 9.17) is 11.6 Å². The lowest BCUT2D eigenvalue weighted by Gasteiger charge is -2.16. The summed E-state index contributed by atoms with van der Waals surface area (Å²) in [6.45, 7) is 1.64. The van der Waals surface area contributed by atoms with E-state index in [1.807, 2.05) is 18.2 Å². The third-order valence-electron chi connectivity index (χ3n) is 5.87. The topological polar surface area (TPSA) is 82.7 Å². The highest BCUT2D eigenvalue weighted by Gasteiger charge is 2.20. The summed E-state index contributed by atoms with van der Waals surface area (Å²) in [4.78, 5) is 4.19. The molecule has 3 aromatic carbocycles. The highest BCUT2D eigenvalue weighted by atomic mass is 35.5. The highest BCUT2D eigenvalue weighted by Crippen LogP contribution is 2.32. The Morgan fingerprint density at radius 2 is 1.62 bits per heavy atom. The van der Waals surface area contributed by atoms with Crippen molar-refractivity contribution in [3.63, 3.8) is 0 Å². The molecule has 0 spiro atoms. The molecule has 188 valence electrons. The molecule has 5 aromatic rings. The summed E-state index contributed by atoms with van der Waals surface area (Å²) in [5, 5.41) is 8.96. The number of imidazole rings is 1. The van der Waals surface area contributed by atoms with Crippen molar-refractivity contribution in [1.29, 1.82) is 0 Å². The van der Waals surface area contributed by atoms with Gasteiger partial charge in [0.1, 0.15) is 11.5 Å². The molecule has 11 heteroatoms. The zero-order valence-corrected chi connectivity index (χ0v) is 21.3. The zero-order chi connectivity index (χ0) is 26.3. The van der Waals surface area contributed by atoms with Gasteiger partial charge in [-0.05, 0) is 54.4 Å². The molecule has 2 aromatic heterocycles. The summed E-state index contributed by atoms with van der Waals surface area (Å²) in [7, 11) is -3.42. The van der Waals surface area contributed by atoms with Crippen LogP contribution in [0.4, 0.5) is 8.78 Å². The fourth-order valence-electron chi connectivity index (χ4n) is 4.06. The van der Waals surface area contributed by atoms with Gasteiger partial charge in [-0.15, -0.1) is 5.10 Å². The van der Waals surface area contributed by atoms with Gasteiger partial charge in [-0.3, -0.25) is 0 Å². The smallest absolute Gasteiger partial charge is 0.281 e. The summed E-state index contributed by atoms with van der Waals surface area (Å²) < 4.78 is 54.3. The molecule has 0 radical (unpaired) electrons. The standard InChI is InChI=1S/C26H20ClF2N5O2S/c1-16-31-22(26(28)29)15-33(16)23-11-8-19(18-4-3-5-21(12-18)37(2,35)36)13-24(23)34-25(14-30-32-34)17-6-9-20(27)10-7-17/h3-15,26H,1-2H3. The van der Waals surface area contributed by atoms with E-state index in [1.165, 1.54) is 12.3 Å². The van der Waals surface area contributed by atoms with Gasteiger partial charge in [0.2, 0.25) is 0 Å². The minimum absolute atomic E-state index is 0.185. The Morgan fingerprint density at radius 1 is 0.919 bits per heavy atom. The fourth-order valence-corrected chi connectivity index (χ4v) is 4.85. The zero-order valence-electron chi connectivity index (χ0n) is 19.7. The van der Waals surface area contributed by atoms with Crippen molar-refractivity contribution in [3.8, 4) is 33.8 Å². The van der Waals surface area contributed by atoms with Gasteiger partial charge in [0.15, 0.2) is 9.84 Å². The Hall–Kier alpha value is -3.89. The second kappa shape index (κ2) is 9.53. The van der Waals surface area contributed by atoms with E-state index in [2.05, 4.69) is 15.3 Å². The lowest BCUT2D eigenvalue weighted by molar-refractivity contribution is 0.146. The van der Waals surface area contributed by atoms with Crippen LogP contribution in [0.15, 0.2) is 84.0 Å². The van der Waals surface area contributed by atoms with E-state index >= 15 is 0 Å². The molecule has 7 nitrogen and oxygen atoms in total. The first kappa shape index (κ1) is 24.8. The average molecular weight is 540 g/mol. The number of aryl methyl sites for hydroxylation is 1. The minimum Gasteiger partial charge on any atom is -0.301 e. The van der Waals surface area contributed by atoms with Crippen LogP contribution in [0.2, 0.25) is 5.02 Å². The van der Waals surface area contributed by atoms with Gasteiger partial charge in [-0.25, -0.2) is 26.9 Å². The number of sulfone groups is 1. The first-order valence-corrected chi connectivity index (χ1v) is 13.3. The molecular formula is C26H20ClF2N5O2S. The van der Waals surface area contributed by atoms with E-state index in [-0.39, 0.29) is 10.6 Å². The number of halogens is 3. The molecular weight excluding hydrogens is 520 g/mol. The van der Waals surface area contributed by atoms with Gasteiger partial charge in [0, 0.05) is 23.0 Å². The van der Waals surface area contributed by atoms with Crippen molar-refractivity contribution >= 4 is 21.4 Å². The van der Waals surface area contributed by atoms with E-state index in [0.717, 1.165) is 11.8 Å². The predicted octanol–water partition coefficient (Wildman–Crippen LogP) is 6.09. The van der Waals surface area contributed by atoms with Gasteiger partial charge in [-0.2, -0.15) is 0 Å². The Labute approximate surface area is 216 Å². The Kier molecular flexibility index (Phi) is 6.38. The van der Waals surface area contributed by atoms with Gasteiger partial charge < -0.3 is 4.57 Å². The number of alkyl halides is 2. The molecule has 2 heterocycles. The third-order valence-corrected chi connectivity index (χ3v) is 7.23. The molecule has 0 saturated heterocycles. The predicted molar refractivity (Wildman–Crippen MR) is 137 cm³/mol. The summed E-state index contributed by atoms with van der Waals surface area (Å²) >= 11 is 6.06. The lowest BCUT2D eigenvalue weighted by Crippen LogP contribution is -2.07. The molecule has 0 aliphatic rings. The third kappa shape index (κ3) is 4.90. The van der Waals surface area contributed by atoms with Gasteiger partial charge in [0.25, 0.3) is 6.43 Å². The van der Waals surface area contributed by atoms with E-state index < -0.39 is 16.3 Å². The molecule has 0 bridgehead atoms. The van der Waals surface area contributed by atoms with Crippen molar-refractivity contribution in [2.24, 2.45) is 0 Å². The van der Waals surface area contributed by atoms with Crippen LogP contribution in [0.5, 0.6) is 0 Å². The van der Waals surface area contributed by atoms with Crippen molar-refractivity contribution in [1.82, 2.24) is 24.5 Å². The van der Waals surface area contributed by atoms with Crippen LogP contribution in [0, 0.1) is 6.92 Å². The largest absolute Gasteiger partial charge is 0.301 e. The Balaban J connectivity index is 1.74. The molecule has 0 N–H and O–H groups in total. The number of benzene rings is 3. The maximum Gasteiger partial charge on any atom is 0.281 e. The summed E-state index contributed by atoms with van der Waals surface area (Å²) in [6, 6.07) is 19.1. The van der Waals surface area contributed by atoms with Crippen LogP contribution in [-0.2, 0) is 9.84 Å². The minimum atomic E-state index is -3.42. The molecule has 0 saturated carbocycles. The van der Waals surface area contributed by atoms with Gasteiger partial charge in [0.05, 0.1) is 28.2 Å². The molecule has 0 fully saturated rings. The number of rotatable bonds is 6. The second-order valence-electron chi connectivity index (χ2n) is 8.43. The number of nitrogens with zero attached hydrogens (tertiary/aromatic N) is 5. The molecule has 0 aliphatic heterocycles. The van der Waals surface area contributed by atoms with E-state index in [0.29, 0.717) is 39.0 Å². The normalized spacial score (nSPS) is 11.8. The van der Waals surface area contributed by atoms with Crippen LogP contribution in [-0.4, -0.2) is 39.2 Å².